The number of methoxy groups -OCH3 is 1. The largest absolute Gasteiger partial charge is 0.494 e. The Hall–Kier alpha value is -3.79. The van der Waals surface area contributed by atoms with Crippen LogP contribution in [0, 0.1) is 0 Å². The third-order valence-electron chi connectivity index (χ3n) is 6.97. The summed E-state index contributed by atoms with van der Waals surface area (Å²) in [5.74, 6) is 0.982. The summed E-state index contributed by atoms with van der Waals surface area (Å²) in [6.45, 7) is 3.67. The van der Waals surface area contributed by atoms with E-state index in [-0.39, 0.29) is 11.9 Å². The summed E-state index contributed by atoms with van der Waals surface area (Å²) in [4.78, 5) is 24.4. The van der Waals surface area contributed by atoms with E-state index in [9.17, 15) is 5.11 Å². The molecule has 9 nitrogen and oxygen atoms in total. The van der Waals surface area contributed by atoms with Crippen LogP contribution in [0.1, 0.15) is 24.0 Å². The second-order valence-corrected chi connectivity index (χ2v) is 9.92. The van der Waals surface area contributed by atoms with E-state index in [0.717, 1.165) is 55.4 Å². The van der Waals surface area contributed by atoms with Crippen LogP contribution in [0.15, 0.2) is 70.5 Å². The quantitative estimate of drug-likeness (QED) is 0.338. The van der Waals surface area contributed by atoms with Crippen molar-refractivity contribution >= 4 is 34.2 Å². The van der Waals surface area contributed by atoms with Crippen LogP contribution in [0.4, 0.5) is 5.95 Å². The molecular weight excluding hydrogens is 502 g/mol. The molecule has 3 N–H and O–H groups in total. The average molecular weight is 530 g/mol. The van der Waals surface area contributed by atoms with Crippen LogP contribution in [0.3, 0.4) is 0 Å². The molecule has 6 rings (SSSR count). The van der Waals surface area contributed by atoms with Gasteiger partial charge in [-0.15, -0.1) is 0 Å². The second-order valence-electron chi connectivity index (χ2n) is 9.48. The summed E-state index contributed by atoms with van der Waals surface area (Å²) in [5.41, 5.74) is 3.14. The molecule has 0 atom stereocenters. The number of hydrogen-bond donors (Lipinski definition) is 3. The first-order chi connectivity index (χ1) is 18.6. The highest BCUT2D eigenvalue weighted by atomic mass is 35.5. The average Bonchev–Trinajstić information content (AvgIpc) is 3.49. The van der Waals surface area contributed by atoms with Crippen molar-refractivity contribution in [3.05, 3.63) is 87.4 Å². The highest BCUT2D eigenvalue weighted by Gasteiger charge is 2.25. The molecule has 194 valence electrons. The highest BCUT2D eigenvalue weighted by molar-refractivity contribution is 6.30. The summed E-state index contributed by atoms with van der Waals surface area (Å²) in [6.07, 6.45) is 3.67. The van der Waals surface area contributed by atoms with Gasteiger partial charge in [-0.05, 0) is 42.7 Å². The van der Waals surface area contributed by atoms with Crippen molar-refractivity contribution in [3.63, 3.8) is 0 Å². The molecule has 4 aromatic rings. The number of halogens is 1. The standard InChI is InChI=1S/C28H28ClN7O2/c1-38-14-13-36-11-9-19(10-12-36)31-28-30-16-22-25(35-28)24(27(37)34-22)23(17-5-4-6-18(29)15-17)26-32-20-7-2-3-8-21(20)33-26/h2-8,15-16,19,34,37H,9-14H2,1H3,(H,30,31,35). The number of aromatic nitrogens is 3. The molecule has 0 amide bonds. The third kappa shape index (κ3) is 4.88. The number of ether oxygens (including phenoxy) is 1. The predicted molar refractivity (Wildman–Crippen MR) is 147 cm³/mol. The number of anilines is 1. The molecule has 38 heavy (non-hydrogen) atoms. The maximum absolute atomic E-state index is 11.1. The first-order valence-electron chi connectivity index (χ1n) is 12.7. The number of H-pyrrole nitrogens is 1. The Morgan fingerprint density at radius 3 is 2.61 bits per heavy atom. The minimum absolute atomic E-state index is 0.0262. The van der Waals surface area contributed by atoms with Crippen molar-refractivity contribution in [2.75, 3.05) is 38.7 Å². The summed E-state index contributed by atoms with van der Waals surface area (Å²) >= 11 is 6.38. The van der Waals surface area contributed by atoms with Crippen molar-refractivity contribution in [2.45, 2.75) is 18.9 Å². The molecule has 0 radical (unpaired) electrons. The SMILES string of the molecule is COCCN1CCC(Nc2ncc3[nH]c(O)c(C(=C4N=c5ccccc5=N4)c4cccc(Cl)c4)c3n2)CC1. The molecule has 0 aliphatic carbocycles. The van der Waals surface area contributed by atoms with Crippen molar-refractivity contribution < 1.29 is 9.84 Å². The van der Waals surface area contributed by atoms with E-state index in [1.165, 1.54) is 0 Å². The number of rotatable bonds is 7. The van der Waals surface area contributed by atoms with Crippen LogP contribution in [-0.2, 0) is 4.74 Å². The number of aromatic hydroxyl groups is 1. The molecule has 2 aromatic heterocycles. The molecule has 2 aliphatic heterocycles. The lowest BCUT2D eigenvalue weighted by molar-refractivity contribution is 0.132. The second kappa shape index (κ2) is 10.5. The molecular formula is C28H28ClN7O2. The molecule has 1 fully saturated rings. The molecule has 0 saturated carbocycles. The Morgan fingerprint density at radius 1 is 1.13 bits per heavy atom. The van der Waals surface area contributed by atoms with E-state index in [0.29, 0.717) is 39.0 Å². The van der Waals surface area contributed by atoms with Gasteiger partial charge in [0.05, 0.1) is 34.6 Å². The van der Waals surface area contributed by atoms with E-state index in [2.05, 4.69) is 20.2 Å². The van der Waals surface area contributed by atoms with Gasteiger partial charge in [-0.1, -0.05) is 35.9 Å². The third-order valence-corrected chi connectivity index (χ3v) is 7.20. The smallest absolute Gasteiger partial charge is 0.223 e. The van der Waals surface area contributed by atoms with Crippen molar-refractivity contribution in [3.8, 4) is 5.88 Å². The van der Waals surface area contributed by atoms with Crippen molar-refractivity contribution in [1.82, 2.24) is 19.9 Å². The summed E-state index contributed by atoms with van der Waals surface area (Å²) in [6, 6.07) is 15.4. The van der Waals surface area contributed by atoms with E-state index in [1.807, 2.05) is 48.5 Å². The van der Waals surface area contributed by atoms with Gasteiger partial charge in [-0.25, -0.2) is 20.0 Å². The molecule has 2 aliphatic rings. The van der Waals surface area contributed by atoms with Crippen molar-refractivity contribution in [1.29, 1.82) is 0 Å². The van der Waals surface area contributed by atoms with Crippen LogP contribution < -0.4 is 16.0 Å². The Bertz CT molecular complexity index is 1600. The van der Waals surface area contributed by atoms with Gasteiger partial charge >= 0.3 is 0 Å². The topological polar surface area (TPSA) is 111 Å². The van der Waals surface area contributed by atoms with Crippen LogP contribution >= 0.6 is 11.6 Å². The number of aromatic amines is 1. The number of piperidine rings is 1. The van der Waals surface area contributed by atoms with Gasteiger partial charge in [0.25, 0.3) is 0 Å². The van der Waals surface area contributed by atoms with Gasteiger partial charge in [0.15, 0.2) is 11.7 Å². The molecule has 2 aromatic carbocycles. The highest BCUT2D eigenvalue weighted by Crippen LogP contribution is 2.39. The first kappa shape index (κ1) is 24.5. The van der Waals surface area contributed by atoms with Gasteiger partial charge in [0.2, 0.25) is 5.95 Å². The van der Waals surface area contributed by atoms with Crippen molar-refractivity contribution in [2.24, 2.45) is 9.98 Å². The van der Waals surface area contributed by atoms with Gasteiger partial charge in [-0.3, -0.25) is 0 Å². The lowest BCUT2D eigenvalue weighted by Crippen LogP contribution is -2.40. The van der Waals surface area contributed by atoms with Gasteiger partial charge in [-0.2, -0.15) is 0 Å². The number of hydrogen-bond acceptors (Lipinski definition) is 8. The first-order valence-corrected chi connectivity index (χ1v) is 13.1. The number of likely N-dealkylation sites (tertiary alicyclic amines) is 1. The van der Waals surface area contributed by atoms with Gasteiger partial charge in [0.1, 0.15) is 5.52 Å². The normalized spacial score (nSPS) is 15.8. The zero-order chi connectivity index (χ0) is 26.1. The lowest BCUT2D eigenvalue weighted by atomic mass is 9.98. The number of benzene rings is 2. The monoisotopic (exact) mass is 529 g/mol. The van der Waals surface area contributed by atoms with E-state index in [1.54, 1.807) is 13.3 Å². The minimum Gasteiger partial charge on any atom is -0.494 e. The Morgan fingerprint density at radius 2 is 1.89 bits per heavy atom. The molecule has 10 heteroatoms. The maximum Gasteiger partial charge on any atom is 0.223 e. The molecule has 0 unspecified atom stereocenters. The van der Waals surface area contributed by atoms with Gasteiger partial charge < -0.3 is 25.0 Å². The Balaban J connectivity index is 1.40. The van der Waals surface area contributed by atoms with E-state index >= 15 is 0 Å². The fraction of sp³-hybridized carbons (Fsp3) is 0.286. The summed E-state index contributed by atoms with van der Waals surface area (Å²) in [7, 11) is 1.73. The van der Waals surface area contributed by atoms with Crippen LogP contribution in [0.25, 0.3) is 16.6 Å². The molecule has 4 heterocycles. The Kier molecular flexibility index (Phi) is 6.80. The summed E-state index contributed by atoms with van der Waals surface area (Å²) in [5, 5.41) is 16.7. The van der Waals surface area contributed by atoms with Crippen LogP contribution in [-0.4, -0.2) is 64.4 Å². The number of nitrogens with one attached hydrogen (secondary N) is 2. The summed E-state index contributed by atoms with van der Waals surface area (Å²) < 4.78 is 5.21. The molecule has 0 spiro atoms. The number of nitrogens with zero attached hydrogens (tertiary/aromatic N) is 5. The number of fused-ring (bicyclic) bond motifs is 2. The van der Waals surface area contributed by atoms with Crippen LogP contribution in [0.5, 0.6) is 5.88 Å². The predicted octanol–water partition coefficient (Wildman–Crippen LogP) is 3.51. The Labute approximate surface area is 224 Å². The molecule has 1 saturated heterocycles. The fourth-order valence-corrected chi connectivity index (χ4v) is 5.21. The van der Waals surface area contributed by atoms with Crippen LogP contribution in [0.2, 0.25) is 5.02 Å². The lowest BCUT2D eigenvalue weighted by Gasteiger charge is -2.32. The zero-order valence-corrected chi connectivity index (χ0v) is 21.7. The van der Waals surface area contributed by atoms with Gasteiger partial charge in [0, 0.05) is 43.4 Å². The molecule has 0 bridgehead atoms. The van der Waals surface area contributed by atoms with E-state index < -0.39 is 0 Å². The zero-order valence-electron chi connectivity index (χ0n) is 21.0. The van der Waals surface area contributed by atoms with E-state index in [4.69, 9.17) is 31.3 Å². The minimum atomic E-state index is -0.0262. The fourth-order valence-electron chi connectivity index (χ4n) is 5.02. The number of para-hydroxylation sites is 2. The maximum atomic E-state index is 11.1.